The molecule has 0 atom stereocenters. The van der Waals surface area contributed by atoms with Crippen LogP contribution in [-0.4, -0.2) is 54.9 Å². The Morgan fingerprint density at radius 3 is 2.53 bits per heavy atom. The Morgan fingerprint density at radius 1 is 1.29 bits per heavy atom. The third kappa shape index (κ3) is 5.19. The second-order valence-corrected chi connectivity index (χ2v) is 5.43. The molecule has 2 N–H and O–H groups in total. The first-order valence-corrected chi connectivity index (χ1v) is 6.81. The van der Waals surface area contributed by atoms with Gasteiger partial charge in [-0.1, -0.05) is 6.92 Å². The van der Waals surface area contributed by atoms with Crippen LogP contribution >= 0.6 is 12.2 Å². The average molecular weight is 259 g/mol. The van der Waals surface area contributed by atoms with Crippen LogP contribution in [0.2, 0.25) is 0 Å². The van der Waals surface area contributed by atoms with Gasteiger partial charge in [-0.15, -0.1) is 0 Å². The zero-order valence-electron chi connectivity index (χ0n) is 11.2. The summed E-state index contributed by atoms with van der Waals surface area (Å²) >= 11 is 5.22. The SMILES string of the molecule is CCCNC(=S)NCC(C)(C)N1CCOCC1. The summed E-state index contributed by atoms with van der Waals surface area (Å²) in [6, 6.07) is 0. The lowest BCUT2D eigenvalue weighted by Crippen LogP contribution is -2.56. The van der Waals surface area contributed by atoms with E-state index in [0.29, 0.717) is 0 Å². The van der Waals surface area contributed by atoms with Crippen molar-refractivity contribution in [2.45, 2.75) is 32.7 Å². The lowest BCUT2D eigenvalue weighted by atomic mass is 10.0. The highest BCUT2D eigenvalue weighted by molar-refractivity contribution is 7.80. The lowest BCUT2D eigenvalue weighted by Gasteiger charge is -2.41. The van der Waals surface area contributed by atoms with Crippen LogP contribution in [0.3, 0.4) is 0 Å². The minimum atomic E-state index is 0.113. The number of hydrogen-bond donors (Lipinski definition) is 2. The van der Waals surface area contributed by atoms with Crippen molar-refractivity contribution < 1.29 is 4.74 Å². The van der Waals surface area contributed by atoms with Crippen molar-refractivity contribution >= 4 is 17.3 Å². The molecule has 0 aliphatic carbocycles. The van der Waals surface area contributed by atoms with E-state index in [1.807, 2.05) is 0 Å². The molecular weight excluding hydrogens is 234 g/mol. The van der Waals surface area contributed by atoms with Gasteiger partial charge in [0.1, 0.15) is 0 Å². The van der Waals surface area contributed by atoms with Crippen molar-refractivity contribution in [1.82, 2.24) is 15.5 Å². The molecule has 17 heavy (non-hydrogen) atoms. The maximum atomic E-state index is 5.37. The number of ether oxygens (including phenoxy) is 1. The van der Waals surface area contributed by atoms with E-state index < -0.39 is 0 Å². The molecule has 0 spiro atoms. The van der Waals surface area contributed by atoms with Crippen LogP contribution in [0.25, 0.3) is 0 Å². The summed E-state index contributed by atoms with van der Waals surface area (Å²) in [6.07, 6.45) is 1.09. The Bertz CT molecular complexity index is 240. The monoisotopic (exact) mass is 259 g/mol. The average Bonchev–Trinajstić information content (AvgIpc) is 2.35. The molecule has 0 saturated carbocycles. The van der Waals surface area contributed by atoms with Gasteiger partial charge in [0.15, 0.2) is 5.11 Å². The maximum absolute atomic E-state index is 5.37. The van der Waals surface area contributed by atoms with Gasteiger partial charge in [-0.2, -0.15) is 0 Å². The van der Waals surface area contributed by atoms with Gasteiger partial charge >= 0.3 is 0 Å². The van der Waals surface area contributed by atoms with Gasteiger partial charge < -0.3 is 15.4 Å². The third-order valence-corrected chi connectivity index (χ3v) is 3.37. The van der Waals surface area contributed by atoms with Gasteiger partial charge in [0.2, 0.25) is 0 Å². The van der Waals surface area contributed by atoms with Crippen LogP contribution in [0.15, 0.2) is 0 Å². The van der Waals surface area contributed by atoms with Crippen LogP contribution < -0.4 is 10.6 Å². The second-order valence-electron chi connectivity index (χ2n) is 5.02. The molecule has 5 heteroatoms. The van der Waals surface area contributed by atoms with Gasteiger partial charge in [0, 0.05) is 31.7 Å². The molecule has 1 aliphatic rings. The Hall–Kier alpha value is -0.390. The Balaban J connectivity index is 2.29. The first-order chi connectivity index (χ1) is 8.06. The highest BCUT2D eigenvalue weighted by Gasteiger charge is 2.28. The van der Waals surface area contributed by atoms with Gasteiger partial charge in [-0.25, -0.2) is 0 Å². The highest BCUT2D eigenvalue weighted by atomic mass is 32.1. The lowest BCUT2D eigenvalue weighted by molar-refractivity contribution is -0.00829. The summed E-state index contributed by atoms with van der Waals surface area (Å²) in [7, 11) is 0. The van der Waals surface area contributed by atoms with E-state index >= 15 is 0 Å². The summed E-state index contributed by atoms with van der Waals surface area (Å²) in [6.45, 7) is 12.1. The Morgan fingerprint density at radius 2 is 1.94 bits per heavy atom. The molecule has 4 nitrogen and oxygen atoms in total. The molecule has 1 rings (SSSR count). The fourth-order valence-electron chi connectivity index (χ4n) is 1.88. The Kier molecular flexibility index (Phi) is 6.16. The number of thiocarbonyl (C=S) groups is 1. The zero-order valence-corrected chi connectivity index (χ0v) is 12.0. The summed E-state index contributed by atoms with van der Waals surface area (Å²) in [4.78, 5) is 2.45. The van der Waals surface area contributed by atoms with Gasteiger partial charge in [-0.3, -0.25) is 4.90 Å². The molecule has 0 aromatic rings. The predicted octanol–water partition coefficient (Wildman–Crippen LogP) is 0.971. The molecule has 0 bridgehead atoms. The maximum Gasteiger partial charge on any atom is 0.166 e. The summed E-state index contributed by atoms with van der Waals surface area (Å²) < 4.78 is 5.37. The standard InChI is InChI=1S/C12H25N3OS/c1-4-5-13-11(17)14-10-12(2,3)15-6-8-16-9-7-15/h4-10H2,1-3H3,(H2,13,14,17). The number of nitrogens with zero attached hydrogens (tertiary/aromatic N) is 1. The largest absolute Gasteiger partial charge is 0.379 e. The molecule has 100 valence electrons. The van der Waals surface area contributed by atoms with Crippen LogP contribution in [-0.2, 0) is 4.74 Å². The minimum Gasteiger partial charge on any atom is -0.379 e. The minimum absolute atomic E-state index is 0.113. The van der Waals surface area contributed by atoms with Gasteiger partial charge in [0.05, 0.1) is 13.2 Å². The van der Waals surface area contributed by atoms with E-state index in [4.69, 9.17) is 17.0 Å². The number of morpholine rings is 1. The molecule has 0 radical (unpaired) electrons. The van der Waals surface area contributed by atoms with Crippen molar-refractivity contribution in [3.63, 3.8) is 0 Å². The quantitative estimate of drug-likeness (QED) is 0.720. The topological polar surface area (TPSA) is 36.5 Å². The zero-order chi connectivity index (χ0) is 12.7. The number of hydrogen-bond acceptors (Lipinski definition) is 3. The third-order valence-electron chi connectivity index (χ3n) is 3.08. The van der Waals surface area contributed by atoms with Crippen LogP contribution in [0.5, 0.6) is 0 Å². The molecule has 0 aromatic heterocycles. The summed E-state index contributed by atoms with van der Waals surface area (Å²) in [5.74, 6) is 0. The van der Waals surface area contributed by atoms with Crippen molar-refractivity contribution in [3.05, 3.63) is 0 Å². The highest BCUT2D eigenvalue weighted by Crippen LogP contribution is 2.14. The number of nitrogens with one attached hydrogen (secondary N) is 2. The number of rotatable bonds is 5. The van der Waals surface area contributed by atoms with E-state index in [1.54, 1.807) is 0 Å². The van der Waals surface area contributed by atoms with Crippen LogP contribution in [0, 0.1) is 0 Å². The molecule has 1 aliphatic heterocycles. The predicted molar refractivity (Wildman–Crippen MR) is 75.4 cm³/mol. The summed E-state index contributed by atoms with van der Waals surface area (Å²) in [5, 5.41) is 7.24. The van der Waals surface area contributed by atoms with Crippen molar-refractivity contribution in [1.29, 1.82) is 0 Å². The van der Waals surface area contributed by atoms with E-state index in [9.17, 15) is 0 Å². The first kappa shape index (κ1) is 14.7. The van der Waals surface area contributed by atoms with E-state index in [0.717, 1.165) is 50.9 Å². The normalized spacial score (nSPS) is 17.8. The Labute approximate surface area is 110 Å². The van der Waals surface area contributed by atoms with Crippen molar-refractivity contribution in [3.8, 4) is 0 Å². The van der Waals surface area contributed by atoms with Crippen LogP contribution in [0.4, 0.5) is 0 Å². The van der Waals surface area contributed by atoms with Crippen LogP contribution in [0.1, 0.15) is 27.2 Å². The van der Waals surface area contributed by atoms with E-state index in [1.165, 1.54) is 0 Å². The fraction of sp³-hybridized carbons (Fsp3) is 0.917. The molecule has 1 fully saturated rings. The molecule has 1 saturated heterocycles. The smallest absolute Gasteiger partial charge is 0.166 e. The van der Waals surface area contributed by atoms with E-state index in [2.05, 4.69) is 36.3 Å². The van der Waals surface area contributed by atoms with Gasteiger partial charge in [-0.05, 0) is 32.5 Å². The molecular formula is C12H25N3OS. The molecule has 0 unspecified atom stereocenters. The van der Waals surface area contributed by atoms with Gasteiger partial charge in [0.25, 0.3) is 0 Å². The molecule has 1 heterocycles. The van der Waals surface area contributed by atoms with Crippen molar-refractivity contribution in [2.24, 2.45) is 0 Å². The second kappa shape index (κ2) is 7.13. The first-order valence-electron chi connectivity index (χ1n) is 6.41. The molecule has 0 aromatic carbocycles. The van der Waals surface area contributed by atoms with Crippen molar-refractivity contribution in [2.75, 3.05) is 39.4 Å². The fourth-order valence-corrected chi connectivity index (χ4v) is 2.05. The van der Waals surface area contributed by atoms with E-state index in [-0.39, 0.29) is 5.54 Å². The molecule has 0 amide bonds. The summed E-state index contributed by atoms with van der Waals surface area (Å²) in [5.41, 5.74) is 0.113.